The number of hydrogen-bond acceptors (Lipinski definition) is 8. The molecule has 2 bridgehead atoms. The maximum Gasteiger partial charge on any atom is 0.229 e. The first-order chi connectivity index (χ1) is 17.1. The van der Waals surface area contributed by atoms with Crippen LogP contribution in [-0.4, -0.2) is 59.8 Å². The van der Waals surface area contributed by atoms with Gasteiger partial charge in [-0.1, -0.05) is 12.2 Å². The molecule has 4 aliphatic rings. The maximum absolute atomic E-state index is 14.7. The van der Waals surface area contributed by atoms with Gasteiger partial charge in [0, 0.05) is 24.9 Å². The van der Waals surface area contributed by atoms with Crippen LogP contribution in [-0.2, 0) is 19.9 Å². The fraction of sp³-hybridized carbons (Fsp3) is 0.500. The molecular weight excluding hydrogens is 509 g/mol. The predicted molar refractivity (Wildman–Crippen MR) is 128 cm³/mol. The molecule has 36 heavy (non-hydrogen) atoms. The Hall–Kier alpha value is -2.57. The van der Waals surface area contributed by atoms with E-state index in [-0.39, 0.29) is 45.8 Å². The third-order valence-electron chi connectivity index (χ3n) is 7.13. The van der Waals surface area contributed by atoms with Crippen LogP contribution in [0.4, 0.5) is 4.39 Å². The van der Waals surface area contributed by atoms with Crippen molar-refractivity contribution in [1.82, 2.24) is 14.3 Å². The fourth-order valence-corrected chi connectivity index (χ4v) is 8.71. The van der Waals surface area contributed by atoms with E-state index in [0.29, 0.717) is 31.2 Å². The predicted octanol–water partition coefficient (Wildman–Crippen LogP) is 3.29. The van der Waals surface area contributed by atoms with Gasteiger partial charge < -0.3 is 9.47 Å². The minimum absolute atomic E-state index is 0.0587. The van der Waals surface area contributed by atoms with Crippen LogP contribution < -0.4 is 9.47 Å². The third-order valence-corrected chi connectivity index (χ3v) is 11.8. The Kier molecular flexibility index (Phi) is 5.61. The van der Waals surface area contributed by atoms with Crippen molar-refractivity contribution in [2.45, 2.75) is 79.0 Å². The molecule has 2 aromatic rings. The van der Waals surface area contributed by atoms with Gasteiger partial charge in [0.1, 0.15) is 12.4 Å². The number of piperidine rings is 1. The molecule has 12 heteroatoms. The third kappa shape index (κ3) is 4.18. The van der Waals surface area contributed by atoms with Crippen molar-refractivity contribution < 1.29 is 30.7 Å². The largest absolute Gasteiger partial charge is 0.474 e. The molecule has 3 heterocycles. The summed E-state index contributed by atoms with van der Waals surface area (Å²) in [5.74, 6) is -0.592. The van der Waals surface area contributed by atoms with Crippen LogP contribution in [0.25, 0.3) is 0 Å². The number of sulfonamides is 1. The topological polar surface area (TPSA) is 116 Å². The van der Waals surface area contributed by atoms with Crippen LogP contribution in [0.5, 0.6) is 17.5 Å². The van der Waals surface area contributed by atoms with Gasteiger partial charge in [-0.3, -0.25) is 0 Å². The number of hydrogen-bond donors (Lipinski definition) is 0. The van der Waals surface area contributed by atoms with E-state index in [0.717, 1.165) is 18.9 Å². The van der Waals surface area contributed by atoms with E-state index in [4.69, 9.17) is 9.47 Å². The summed E-state index contributed by atoms with van der Waals surface area (Å²) in [5, 5.41) is -0.689. The van der Waals surface area contributed by atoms with Crippen LogP contribution in [0.3, 0.4) is 0 Å². The Morgan fingerprint density at radius 3 is 2.19 bits per heavy atom. The van der Waals surface area contributed by atoms with E-state index in [1.165, 1.54) is 18.5 Å². The zero-order chi connectivity index (χ0) is 25.2. The Labute approximate surface area is 209 Å². The average molecular weight is 536 g/mol. The van der Waals surface area contributed by atoms with Crippen LogP contribution in [0.2, 0.25) is 0 Å². The molecule has 0 N–H and O–H groups in total. The van der Waals surface area contributed by atoms with Crippen LogP contribution in [0.15, 0.2) is 41.6 Å². The Morgan fingerprint density at radius 1 is 0.944 bits per heavy atom. The highest BCUT2D eigenvalue weighted by molar-refractivity contribution is 7.92. The number of aromatic nitrogens is 2. The summed E-state index contributed by atoms with van der Waals surface area (Å²) in [6, 6.07) is 3.12. The SMILES string of the molecule is Cc1c(Oc2ccc(S(=O)(=O)C3CC3)cc2F)ncnc1OC1CC2C=C[C@@H](C1)N2S(=O)(=O)C1CC1. The summed E-state index contributed by atoms with van der Waals surface area (Å²) < 4.78 is 78.6. The molecule has 0 radical (unpaired) electrons. The molecule has 2 saturated carbocycles. The van der Waals surface area contributed by atoms with E-state index >= 15 is 0 Å². The minimum Gasteiger partial charge on any atom is -0.474 e. The quantitative estimate of drug-likeness (QED) is 0.473. The van der Waals surface area contributed by atoms with Crippen LogP contribution in [0.1, 0.15) is 44.1 Å². The van der Waals surface area contributed by atoms with E-state index in [2.05, 4.69) is 9.97 Å². The van der Waals surface area contributed by atoms with Crippen LogP contribution in [0, 0.1) is 12.7 Å². The second-order valence-corrected chi connectivity index (χ2v) is 14.2. The van der Waals surface area contributed by atoms with Gasteiger partial charge in [0.25, 0.3) is 0 Å². The van der Waals surface area contributed by atoms with Gasteiger partial charge in [0.2, 0.25) is 21.8 Å². The highest BCUT2D eigenvalue weighted by Crippen LogP contribution is 2.41. The maximum atomic E-state index is 14.7. The number of ether oxygens (including phenoxy) is 2. The minimum atomic E-state index is -3.52. The zero-order valence-corrected chi connectivity index (χ0v) is 21.2. The van der Waals surface area contributed by atoms with Crippen molar-refractivity contribution in [3.63, 3.8) is 0 Å². The summed E-state index contributed by atoms with van der Waals surface area (Å²) >= 11 is 0. The summed E-state index contributed by atoms with van der Waals surface area (Å²) in [4.78, 5) is 8.24. The lowest BCUT2D eigenvalue weighted by molar-refractivity contribution is 0.0979. The second kappa shape index (κ2) is 8.49. The average Bonchev–Trinajstić information content (AvgIpc) is 3.73. The van der Waals surface area contributed by atoms with Gasteiger partial charge >= 0.3 is 0 Å². The van der Waals surface area contributed by atoms with Gasteiger partial charge in [-0.05, 0) is 50.8 Å². The van der Waals surface area contributed by atoms with Crippen molar-refractivity contribution in [1.29, 1.82) is 0 Å². The Morgan fingerprint density at radius 2 is 1.58 bits per heavy atom. The molecule has 3 atom stereocenters. The van der Waals surface area contributed by atoms with Gasteiger partial charge in [0.05, 0.1) is 21.0 Å². The zero-order valence-electron chi connectivity index (χ0n) is 19.6. The summed E-state index contributed by atoms with van der Waals surface area (Å²) in [6.07, 6.45) is 8.51. The molecule has 6 rings (SSSR count). The first kappa shape index (κ1) is 23.8. The molecule has 2 aliphatic heterocycles. The lowest BCUT2D eigenvalue weighted by atomic mass is 10.0. The lowest BCUT2D eigenvalue weighted by Crippen LogP contribution is -2.50. The molecule has 9 nitrogen and oxygen atoms in total. The van der Waals surface area contributed by atoms with E-state index in [1.807, 2.05) is 12.2 Å². The van der Waals surface area contributed by atoms with Crippen molar-refractivity contribution in [2.75, 3.05) is 0 Å². The summed E-state index contributed by atoms with van der Waals surface area (Å²) in [7, 11) is -6.81. The normalized spacial score (nSPS) is 26.2. The van der Waals surface area contributed by atoms with Gasteiger partial charge in [-0.25, -0.2) is 31.2 Å². The lowest BCUT2D eigenvalue weighted by Gasteiger charge is -2.38. The Balaban J connectivity index is 1.16. The summed E-state index contributed by atoms with van der Waals surface area (Å²) in [5.41, 5.74) is 0.458. The Bertz CT molecular complexity index is 1440. The molecule has 1 saturated heterocycles. The number of benzene rings is 1. The molecule has 0 amide bonds. The molecular formula is C24H26FN3O6S2. The first-order valence-electron chi connectivity index (χ1n) is 12.0. The highest BCUT2D eigenvalue weighted by atomic mass is 32.2. The van der Waals surface area contributed by atoms with Gasteiger partial charge in [0.15, 0.2) is 21.4 Å². The van der Waals surface area contributed by atoms with E-state index in [9.17, 15) is 21.2 Å². The van der Waals surface area contributed by atoms with Crippen molar-refractivity contribution in [3.8, 4) is 17.5 Å². The monoisotopic (exact) mass is 535 g/mol. The smallest absolute Gasteiger partial charge is 0.229 e. The second-order valence-electron chi connectivity index (χ2n) is 9.85. The van der Waals surface area contributed by atoms with Crippen molar-refractivity contribution in [3.05, 3.63) is 48.1 Å². The molecule has 3 fully saturated rings. The van der Waals surface area contributed by atoms with Crippen LogP contribution >= 0.6 is 0 Å². The number of fused-ring (bicyclic) bond motifs is 2. The van der Waals surface area contributed by atoms with Gasteiger partial charge in [-0.2, -0.15) is 4.31 Å². The number of rotatable bonds is 8. The van der Waals surface area contributed by atoms with E-state index in [1.54, 1.807) is 11.2 Å². The highest BCUT2D eigenvalue weighted by Gasteiger charge is 2.50. The number of sulfone groups is 1. The first-order valence-corrected chi connectivity index (χ1v) is 15.1. The van der Waals surface area contributed by atoms with Crippen molar-refractivity contribution >= 4 is 19.9 Å². The fourth-order valence-electron chi connectivity index (χ4n) is 4.90. The standard InChI is InChI=1S/C24H26FN3O6S2/c1-14-23(33-17-10-15-2-3-16(11-17)28(15)36(31,32)19-6-7-19)26-13-27-24(14)34-22-9-8-20(12-21(22)25)35(29,30)18-4-5-18/h2-3,8-9,12-13,15-19H,4-7,10-11H2,1H3/t15-,16?,17?/m0/s1. The molecule has 2 unspecified atom stereocenters. The number of halogens is 1. The molecule has 1 aromatic carbocycles. The molecule has 192 valence electrons. The van der Waals surface area contributed by atoms with E-state index < -0.39 is 30.9 Å². The molecule has 0 spiro atoms. The number of nitrogens with zero attached hydrogens (tertiary/aromatic N) is 3. The van der Waals surface area contributed by atoms with Crippen molar-refractivity contribution in [2.24, 2.45) is 0 Å². The summed E-state index contributed by atoms with van der Waals surface area (Å²) in [6.45, 7) is 1.69. The molecule has 2 aliphatic carbocycles. The van der Waals surface area contributed by atoms with Gasteiger partial charge in [-0.15, -0.1) is 0 Å². The molecule has 1 aromatic heterocycles.